The minimum absolute atomic E-state index is 0.0661. The fraction of sp³-hybridized carbons (Fsp3) is 0.308. The summed E-state index contributed by atoms with van der Waals surface area (Å²) in [5.74, 6) is -0.976. The molecular weight excluding hydrogens is 458 g/mol. The number of carboxylic acids is 1. The number of alkyl halides is 2. The molecule has 1 unspecified atom stereocenters. The van der Waals surface area contributed by atoms with E-state index in [-0.39, 0.29) is 29.0 Å². The number of carboxylic acid groups (broad SMARTS) is 1. The Morgan fingerprint density at radius 1 is 1.06 bits per heavy atom. The summed E-state index contributed by atoms with van der Waals surface area (Å²) >= 11 is 0. The molecular formula is C26H26F2N2O5. The van der Waals surface area contributed by atoms with Gasteiger partial charge in [0, 0.05) is 0 Å². The van der Waals surface area contributed by atoms with Crippen molar-refractivity contribution in [1.29, 1.82) is 0 Å². The summed E-state index contributed by atoms with van der Waals surface area (Å²) in [7, 11) is 0. The van der Waals surface area contributed by atoms with Gasteiger partial charge >= 0.3 is 12.3 Å². The number of fused-ring (bicyclic) bond motifs is 1. The van der Waals surface area contributed by atoms with E-state index in [9.17, 15) is 23.5 Å². The zero-order chi connectivity index (χ0) is 25.4. The van der Waals surface area contributed by atoms with E-state index in [1.165, 1.54) is 18.2 Å². The summed E-state index contributed by atoms with van der Waals surface area (Å²) in [5, 5.41) is 15.4. The molecule has 35 heavy (non-hydrogen) atoms. The highest BCUT2D eigenvalue weighted by Gasteiger charge is 2.53. The van der Waals surface area contributed by atoms with E-state index in [1.54, 1.807) is 24.3 Å². The number of rotatable bonds is 5. The molecule has 2 heterocycles. The number of carbonyl (C=O) groups is 2. The standard InChI is InChI=1S/C24H20F2N2O5.C2H6/c1-13-5-8-19(27-20(13)14-3-2-4-15(11-14)21(29)30)28-22(31)23(9-10-23)16-6-7-17-18(12-16)33-24(25,26)32-17;1-2/h2-8,11-12,20,27H,9-10H2,1H3,(H,28,31)(H,29,30);1-2H3. The van der Waals surface area contributed by atoms with Crippen molar-refractivity contribution in [2.75, 3.05) is 0 Å². The molecule has 0 saturated heterocycles. The number of carbonyl (C=O) groups excluding carboxylic acids is 1. The predicted octanol–water partition coefficient (Wildman–Crippen LogP) is 5.01. The fourth-order valence-corrected chi connectivity index (χ4v) is 4.16. The van der Waals surface area contributed by atoms with E-state index < -0.39 is 17.7 Å². The SMILES string of the molecule is CC.CC1=CC=C(NC(=O)C2(c3ccc4c(c3)OC(F)(F)O4)CC2)NC1c1cccc(C(=O)O)c1. The van der Waals surface area contributed by atoms with Gasteiger partial charge in [0.05, 0.1) is 17.0 Å². The second-order valence-electron chi connectivity index (χ2n) is 8.36. The smallest absolute Gasteiger partial charge is 0.478 e. The molecule has 1 amide bonds. The van der Waals surface area contributed by atoms with Gasteiger partial charge in [-0.1, -0.05) is 38.1 Å². The van der Waals surface area contributed by atoms with Crippen LogP contribution in [0, 0.1) is 0 Å². The fourth-order valence-electron chi connectivity index (χ4n) is 4.16. The third-order valence-electron chi connectivity index (χ3n) is 6.12. The topological polar surface area (TPSA) is 96.9 Å². The van der Waals surface area contributed by atoms with Crippen molar-refractivity contribution in [3.8, 4) is 11.5 Å². The van der Waals surface area contributed by atoms with E-state index in [2.05, 4.69) is 20.1 Å². The summed E-state index contributed by atoms with van der Waals surface area (Å²) < 4.78 is 35.7. The maximum absolute atomic E-state index is 13.3. The van der Waals surface area contributed by atoms with Crippen LogP contribution in [0.4, 0.5) is 8.78 Å². The van der Waals surface area contributed by atoms with Crippen LogP contribution in [0.2, 0.25) is 0 Å². The summed E-state index contributed by atoms with van der Waals surface area (Å²) in [4.78, 5) is 24.5. The molecule has 1 atom stereocenters. The summed E-state index contributed by atoms with van der Waals surface area (Å²) in [6.07, 6.45) is 1.02. The molecule has 3 N–H and O–H groups in total. The highest BCUT2D eigenvalue weighted by molar-refractivity contribution is 5.92. The first-order chi connectivity index (χ1) is 16.7. The highest BCUT2D eigenvalue weighted by Crippen LogP contribution is 2.52. The lowest BCUT2D eigenvalue weighted by Crippen LogP contribution is -2.40. The zero-order valence-electron chi connectivity index (χ0n) is 19.5. The minimum Gasteiger partial charge on any atom is -0.478 e. The lowest BCUT2D eigenvalue weighted by Gasteiger charge is -2.28. The Morgan fingerprint density at radius 2 is 1.77 bits per heavy atom. The van der Waals surface area contributed by atoms with Crippen LogP contribution < -0.4 is 20.1 Å². The number of nitrogens with one attached hydrogen (secondary N) is 2. The maximum atomic E-state index is 13.3. The van der Waals surface area contributed by atoms with Gasteiger partial charge in [-0.3, -0.25) is 4.79 Å². The molecule has 2 aromatic rings. The predicted molar refractivity (Wildman–Crippen MR) is 124 cm³/mol. The molecule has 0 spiro atoms. The van der Waals surface area contributed by atoms with Gasteiger partial charge in [0.2, 0.25) is 5.91 Å². The molecule has 184 valence electrons. The molecule has 1 saturated carbocycles. The summed E-state index contributed by atoms with van der Waals surface area (Å²) in [6.45, 7) is 5.91. The van der Waals surface area contributed by atoms with Crippen molar-refractivity contribution in [2.24, 2.45) is 0 Å². The number of dihydropyridines is 1. The maximum Gasteiger partial charge on any atom is 0.586 e. The molecule has 7 nitrogen and oxygen atoms in total. The number of ether oxygens (including phenoxy) is 2. The van der Waals surface area contributed by atoms with Gasteiger partial charge in [-0.2, -0.15) is 0 Å². The number of allylic oxidation sites excluding steroid dienone is 2. The van der Waals surface area contributed by atoms with Gasteiger partial charge in [-0.25, -0.2) is 4.79 Å². The lowest BCUT2D eigenvalue weighted by molar-refractivity contribution is -0.286. The Bertz CT molecular complexity index is 1230. The van der Waals surface area contributed by atoms with Crippen molar-refractivity contribution >= 4 is 11.9 Å². The average molecular weight is 484 g/mol. The van der Waals surface area contributed by atoms with Crippen LogP contribution >= 0.6 is 0 Å². The quantitative estimate of drug-likeness (QED) is 0.552. The van der Waals surface area contributed by atoms with E-state index in [0.717, 1.165) is 11.1 Å². The first kappa shape index (κ1) is 24.3. The van der Waals surface area contributed by atoms with Gasteiger partial charge in [0.15, 0.2) is 11.5 Å². The highest BCUT2D eigenvalue weighted by atomic mass is 19.3. The second kappa shape index (κ2) is 9.05. The Morgan fingerprint density at radius 3 is 2.46 bits per heavy atom. The van der Waals surface area contributed by atoms with Crippen molar-refractivity contribution in [3.63, 3.8) is 0 Å². The van der Waals surface area contributed by atoms with Crippen LogP contribution in [0.1, 0.15) is 61.1 Å². The first-order valence-corrected chi connectivity index (χ1v) is 11.4. The zero-order valence-corrected chi connectivity index (χ0v) is 19.5. The lowest BCUT2D eigenvalue weighted by atomic mass is 9.94. The molecule has 3 aliphatic rings. The van der Waals surface area contributed by atoms with Crippen LogP contribution in [0.25, 0.3) is 0 Å². The van der Waals surface area contributed by atoms with Gasteiger partial charge in [0.1, 0.15) is 5.82 Å². The van der Waals surface area contributed by atoms with Crippen LogP contribution in [-0.2, 0) is 10.2 Å². The van der Waals surface area contributed by atoms with Crippen molar-refractivity contribution < 1.29 is 33.0 Å². The largest absolute Gasteiger partial charge is 0.586 e. The van der Waals surface area contributed by atoms with Gasteiger partial charge in [-0.05, 0) is 66.8 Å². The number of benzene rings is 2. The average Bonchev–Trinajstić information content (AvgIpc) is 3.58. The number of amides is 1. The van der Waals surface area contributed by atoms with E-state index in [0.29, 0.717) is 24.2 Å². The van der Waals surface area contributed by atoms with Crippen molar-refractivity contribution in [1.82, 2.24) is 10.6 Å². The molecule has 0 bridgehead atoms. The molecule has 2 aromatic carbocycles. The van der Waals surface area contributed by atoms with Crippen LogP contribution in [0.3, 0.4) is 0 Å². The minimum atomic E-state index is -3.71. The molecule has 1 fully saturated rings. The molecule has 0 radical (unpaired) electrons. The Balaban J connectivity index is 0.00000141. The van der Waals surface area contributed by atoms with Gasteiger partial charge in [-0.15, -0.1) is 8.78 Å². The molecule has 1 aliphatic carbocycles. The van der Waals surface area contributed by atoms with Crippen LogP contribution in [0.15, 0.2) is 66.0 Å². The first-order valence-electron chi connectivity index (χ1n) is 11.4. The number of hydrogen-bond acceptors (Lipinski definition) is 5. The van der Waals surface area contributed by atoms with Crippen molar-refractivity contribution in [3.05, 3.63) is 82.7 Å². The normalized spacial score (nSPS) is 20.3. The second-order valence-corrected chi connectivity index (χ2v) is 8.36. The number of aromatic carboxylic acids is 1. The molecule has 0 aromatic heterocycles. The van der Waals surface area contributed by atoms with Gasteiger partial charge in [0.25, 0.3) is 0 Å². The van der Waals surface area contributed by atoms with Crippen molar-refractivity contribution in [2.45, 2.75) is 51.4 Å². The molecule has 5 rings (SSSR count). The Kier molecular flexibility index (Phi) is 6.27. The monoisotopic (exact) mass is 484 g/mol. The number of hydrogen-bond donors (Lipinski definition) is 3. The van der Waals surface area contributed by atoms with Gasteiger partial charge < -0.3 is 25.2 Å². The van der Waals surface area contributed by atoms with Crippen LogP contribution in [0.5, 0.6) is 11.5 Å². The van der Waals surface area contributed by atoms with Crippen LogP contribution in [-0.4, -0.2) is 23.3 Å². The third-order valence-corrected chi connectivity index (χ3v) is 6.12. The van der Waals surface area contributed by atoms with E-state index in [4.69, 9.17) is 0 Å². The molecule has 2 aliphatic heterocycles. The Labute approximate surface area is 201 Å². The Hall–Kier alpha value is -3.88. The summed E-state index contributed by atoms with van der Waals surface area (Å²) in [5.41, 5.74) is 1.62. The van der Waals surface area contributed by atoms with E-state index >= 15 is 0 Å². The third kappa shape index (κ3) is 4.71. The summed E-state index contributed by atoms with van der Waals surface area (Å²) in [6, 6.07) is 10.7. The molecule has 9 heteroatoms. The number of halogens is 2. The van der Waals surface area contributed by atoms with E-state index in [1.807, 2.05) is 32.9 Å².